The van der Waals surface area contributed by atoms with Gasteiger partial charge in [0, 0.05) is 0 Å². The smallest absolute Gasteiger partial charge is 0.315 e. The summed E-state index contributed by atoms with van der Waals surface area (Å²) in [6.07, 6.45) is -3.91. The van der Waals surface area contributed by atoms with Crippen molar-refractivity contribution in [1.82, 2.24) is 5.32 Å². The molecule has 0 saturated carbocycles. The van der Waals surface area contributed by atoms with E-state index in [2.05, 4.69) is 0 Å². The highest BCUT2D eigenvalue weighted by Crippen LogP contribution is 2.09. The van der Waals surface area contributed by atoms with Crippen LogP contribution in [0.5, 0.6) is 0 Å². The first kappa shape index (κ1) is 11.3. The van der Waals surface area contributed by atoms with Crippen molar-refractivity contribution in [2.45, 2.75) is 38.8 Å². The first-order chi connectivity index (χ1) is 5.27. The third-order valence-electron chi connectivity index (χ3n) is 1.69. The van der Waals surface area contributed by atoms with E-state index in [4.69, 9.17) is 5.11 Å². The summed E-state index contributed by atoms with van der Waals surface area (Å²) in [6.45, 7) is 4.36. The minimum absolute atomic E-state index is 0.875. The summed E-state index contributed by atoms with van der Waals surface area (Å²) >= 11 is 0. The maximum Gasteiger partial charge on any atom is 0.315 e. The van der Waals surface area contributed by atoms with Crippen LogP contribution in [0.3, 0.4) is 0 Å². The van der Waals surface area contributed by atoms with Crippen LogP contribution in [0, 0.1) is 0 Å². The molecule has 1 atom stereocenters. The van der Waals surface area contributed by atoms with Crippen LogP contribution in [0.15, 0.2) is 0 Å². The van der Waals surface area contributed by atoms with E-state index in [0.29, 0.717) is 0 Å². The van der Waals surface area contributed by atoms with Crippen molar-refractivity contribution in [2.24, 2.45) is 0 Å². The summed E-state index contributed by atoms with van der Waals surface area (Å²) in [6, 6.07) is 0. The molecule has 0 saturated heterocycles. The molecule has 0 rings (SSSR count). The molecule has 0 heterocycles. The van der Waals surface area contributed by atoms with Crippen molar-refractivity contribution in [2.75, 3.05) is 0 Å². The van der Waals surface area contributed by atoms with Gasteiger partial charge in [-0.15, -0.1) is 0 Å². The SMILES string of the molecule is CC(O)C(C)(C)NC(=O)C(F)F. The highest BCUT2D eigenvalue weighted by molar-refractivity contribution is 5.79. The van der Waals surface area contributed by atoms with Gasteiger partial charge in [-0.3, -0.25) is 4.79 Å². The molecule has 0 fully saturated rings. The summed E-state index contributed by atoms with van der Waals surface area (Å²) in [4.78, 5) is 10.5. The third-order valence-corrected chi connectivity index (χ3v) is 1.69. The summed E-state index contributed by atoms with van der Waals surface area (Å²) in [5.74, 6) is -1.36. The number of carbonyl (C=O) groups excluding carboxylic acids is 1. The Balaban J connectivity index is 4.15. The Hall–Kier alpha value is -0.710. The van der Waals surface area contributed by atoms with Gasteiger partial charge in [0.05, 0.1) is 11.6 Å². The topological polar surface area (TPSA) is 49.3 Å². The van der Waals surface area contributed by atoms with Gasteiger partial charge in [0.15, 0.2) is 0 Å². The number of carbonyl (C=O) groups is 1. The predicted octanol–water partition coefficient (Wildman–Crippen LogP) is 0.527. The van der Waals surface area contributed by atoms with E-state index >= 15 is 0 Å². The minimum atomic E-state index is -3.04. The molecule has 2 N–H and O–H groups in total. The highest BCUT2D eigenvalue weighted by Gasteiger charge is 2.29. The number of halogens is 2. The van der Waals surface area contributed by atoms with Crippen LogP contribution in [0.2, 0.25) is 0 Å². The normalized spacial score (nSPS) is 14.6. The van der Waals surface area contributed by atoms with Crippen LogP contribution in [0.25, 0.3) is 0 Å². The number of hydrogen-bond acceptors (Lipinski definition) is 2. The van der Waals surface area contributed by atoms with Gasteiger partial charge in [0.2, 0.25) is 0 Å². The van der Waals surface area contributed by atoms with Gasteiger partial charge in [-0.1, -0.05) is 0 Å². The second kappa shape index (κ2) is 3.80. The van der Waals surface area contributed by atoms with Crippen molar-refractivity contribution in [1.29, 1.82) is 0 Å². The molecule has 12 heavy (non-hydrogen) atoms. The second-order valence-corrected chi connectivity index (χ2v) is 3.19. The fourth-order valence-electron chi connectivity index (χ4n) is 0.477. The largest absolute Gasteiger partial charge is 0.391 e. The molecule has 0 spiro atoms. The van der Waals surface area contributed by atoms with Gasteiger partial charge in [0.25, 0.3) is 5.91 Å². The first-order valence-electron chi connectivity index (χ1n) is 3.55. The van der Waals surface area contributed by atoms with Gasteiger partial charge in [-0.05, 0) is 20.8 Å². The fourth-order valence-corrected chi connectivity index (χ4v) is 0.477. The molecule has 3 nitrogen and oxygen atoms in total. The van der Waals surface area contributed by atoms with E-state index in [1.807, 2.05) is 5.32 Å². The average molecular weight is 181 g/mol. The molecule has 0 aliphatic carbocycles. The maximum absolute atomic E-state index is 11.7. The lowest BCUT2D eigenvalue weighted by molar-refractivity contribution is -0.134. The van der Waals surface area contributed by atoms with Crippen LogP contribution >= 0.6 is 0 Å². The summed E-state index contributed by atoms with van der Waals surface area (Å²) in [5.41, 5.74) is -1.02. The fraction of sp³-hybridized carbons (Fsp3) is 0.857. The molecular formula is C7H13F2NO2. The molecule has 1 amide bonds. The summed E-state index contributed by atoms with van der Waals surface area (Å²) in [5, 5.41) is 11.1. The third kappa shape index (κ3) is 3.13. The van der Waals surface area contributed by atoms with Crippen molar-refractivity contribution in [3.05, 3.63) is 0 Å². The van der Waals surface area contributed by atoms with Crippen molar-refractivity contribution >= 4 is 5.91 Å². The van der Waals surface area contributed by atoms with Crippen LogP contribution in [-0.2, 0) is 4.79 Å². The Morgan fingerprint density at radius 3 is 2.17 bits per heavy atom. The zero-order valence-electron chi connectivity index (χ0n) is 7.27. The summed E-state index contributed by atoms with van der Waals surface area (Å²) in [7, 11) is 0. The molecule has 0 aromatic rings. The summed E-state index contributed by atoms with van der Waals surface area (Å²) < 4.78 is 23.5. The van der Waals surface area contributed by atoms with Gasteiger partial charge >= 0.3 is 6.43 Å². The predicted molar refractivity (Wildman–Crippen MR) is 39.9 cm³/mol. The van der Waals surface area contributed by atoms with Crippen LogP contribution in [-0.4, -0.2) is 29.1 Å². The second-order valence-electron chi connectivity index (χ2n) is 3.19. The van der Waals surface area contributed by atoms with Crippen molar-refractivity contribution in [3.8, 4) is 0 Å². The Kier molecular flexibility index (Phi) is 3.57. The van der Waals surface area contributed by atoms with Gasteiger partial charge < -0.3 is 10.4 Å². The standard InChI is InChI=1S/C7H13F2NO2/c1-4(11)7(2,3)10-6(12)5(8)9/h4-5,11H,1-3H3,(H,10,12). The van der Waals surface area contributed by atoms with Crippen LogP contribution < -0.4 is 5.32 Å². The molecule has 0 bridgehead atoms. The Morgan fingerprint density at radius 1 is 1.50 bits per heavy atom. The Morgan fingerprint density at radius 2 is 1.92 bits per heavy atom. The molecule has 5 heteroatoms. The molecule has 0 aliphatic heterocycles. The lowest BCUT2D eigenvalue weighted by atomic mass is 9.99. The van der Waals surface area contributed by atoms with E-state index in [9.17, 15) is 13.6 Å². The van der Waals surface area contributed by atoms with Crippen molar-refractivity contribution < 1.29 is 18.7 Å². The molecular weight excluding hydrogens is 168 g/mol. The molecule has 72 valence electrons. The molecule has 0 radical (unpaired) electrons. The molecule has 1 unspecified atom stereocenters. The number of rotatable bonds is 3. The van der Waals surface area contributed by atoms with E-state index in [-0.39, 0.29) is 0 Å². The average Bonchev–Trinajstić information content (AvgIpc) is 1.85. The van der Waals surface area contributed by atoms with Gasteiger partial charge in [-0.2, -0.15) is 8.78 Å². The number of aliphatic hydroxyl groups excluding tert-OH is 1. The van der Waals surface area contributed by atoms with Crippen molar-refractivity contribution in [3.63, 3.8) is 0 Å². The number of amides is 1. The van der Waals surface area contributed by atoms with E-state index in [1.165, 1.54) is 20.8 Å². The molecule has 0 aromatic heterocycles. The van der Waals surface area contributed by atoms with Gasteiger partial charge in [-0.25, -0.2) is 0 Å². The number of nitrogens with one attached hydrogen (secondary N) is 1. The van der Waals surface area contributed by atoms with E-state index in [1.54, 1.807) is 0 Å². The Bertz CT molecular complexity index is 169. The van der Waals surface area contributed by atoms with E-state index in [0.717, 1.165) is 0 Å². The lowest BCUT2D eigenvalue weighted by Crippen LogP contribution is -2.52. The number of alkyl halides is 2. The monoisotopic (exact) mass is 181 g/mol. The zero-order chi connectivity index (χ0) is 9.94. The quantitative estimate of drug-likeness (QED) is 0.667. The maximum atomic E-state index is 11.7. The molecule has 0 aromatic carbocycles. The zero-order valence-corrected chi connectivity index (χ0v) is 7.27. The van der Waals surface area contributed by atoms with Crippen LogP contribution in [0.4, 0.5) is 8.78 Å². The highest BCUT2D eigenvalue weighted by atomic mass is 19.3. The molecule has 0 aliphatic rings. The van der Waals surface area contributed by atoms with Crippen LogP contribution in [0.1, 0.15) is 20.8 Å². The number of hydrogen-bond donors (Lipinski definition) is 2. The minimum Gasteiger partial charge on any atom is -0.391 e. The number of aliphatic hydroxyl groups is 1. The lowest BCUT2D eigenvalue weighted by Gasteiger charge is -2.28. The first-order valence-corrected chi connectivity index (χ1v) is 3.55. The van der Waals surface area contributed by atoms with Gasteiger partial charge in [0.1, 0.15) is 0 Å². The van der Waals surface area contributed by atoms with E-state index < -0.39 is 24.0 Å². The Labute approximate surface area is 69.8 Å².